The molecule has 2 aromatic rings. The summed E-state index contributed by atoms with van der Waals surface area (Å²) in [5, 5.41) is 10.1. The predicted octanol–water partition coefficient (Wildman–Crippen LogP) is 4.96. The van der Waals surface area contributed by atoms with Gasteiger partial charge in [-0.15, -0.1) is 35.3 Å². The Morgan fingerprint density at radius 3 is 2.65 bits per heavy atom. The highest BCUT2D eigenvalue weighted by Crippen LogP contribution is 2.29. The van der Waals surface area contributed by atoms with Crippen molar-refractivity contribution < 1.29 is 13.2 Å². The minimum atomic E-state index is -4.36. The normalized spacial score (nSPS) is 15.0. The number of rotatable bonds is 4. The van der Waals surface area contributed by atoms with E-state index >= 15 is 0 Å². The zero-order valence-corrected chi connectivity index (χ0v) is 20.4. The summed E-state index contributed by atoms with van der Waals surface area (Å²) >= 11 is 1.76. The minimum absolute atomic E-state index is 0. The van der Waals surface area contributed by atoms with Crippen LogP contribution in [0.25, 0.3) is 0 Å². The lowest BCUT2D eigenvalue weighted by molar-refractivity contribution is -0.137. The summed E-state index contributed by atoms with van der Waals surface area (Å²) in [5.41, 5.74) is -0.361. The maximum atomic E-state index is 12.8. The van der Waals surface area contributed by atoms with Crippen LogP contribution in [0.15, 0.2) is 46.8 Å². The fourth-order valence-corrected chi connectivity index (χ4v) is 4.03. The zero-order chi connectivity index (χ0) is 21.4. The van der Waals surface area contributed by atoms with Crippen molar-refractivity contribution in [3.63, 3.8) is 0 Å². The van der Waals surface area contributed by atoms with Gasteiger partial charge in [0, 0.05) is 31.2 Å². The van der Waals surface area contributed by atoms with Crippen molar-refractivity contribution in [1.29, 1.82) is 0 Å². The number of anilines is 1. The smallest absolute Gasteiger partial charge is 0.363 e. The number of hydrogen-bond acceptors (Lipinski definition) is 3. The molecule has 1 aliphatic rings. The summed E-state index contributed by atoms with van der Waals surface area (Å²) in [7, 11) is 0. The van der Waals surface area contributed by atoms with Crippen LogP contribution in [0.1, 0.15) is 30.9 Å². The van der Waals surface area contributed by atoms with E-state index in [0.29, 0.717) is 17.6 Å². The Labute approximate surface area is 202 Å². The molecule has 0 atom stereocenters. The number of halogens is 4. The van der Waals surface area contributed by atoms with Gasteiger partial charge in [-0.2, -0.15) is 13.2 Å². The molecular weight excluding hydrogens is 536 g/mol. The number of thiophene rings is 1. The van der Waals surface area contributed by atoms with Gasteiger partial charge in [-0.25, -0.2) is 4.99 Å². The van der Waals surface area contributed by atoms with Gasteiger partial charge in [0.15, 0.2) is 5.96 Å². The Morgan fingerprint density at radius 1 is 1.23 bits per heavy atom. The monoisotopic (exact) mass is 562 g/mol. The summed E-state index contributed by atoms with van der Waals surface area (Å²) in [6, 6.07) is 9.58. The van der Waals surface area contributed by atoms with Crippen molar-refractivity contribution in [2.24, 2.45) is 4.99 Å². The number of hydrogen-bond donors (Lipinski definition) is 2. The zero-order valence-electron chi connectivity index (χ0n) is 17.2. The Kier molecular flexibility index (Phi) is 9.96. The second-order valence-corrected chi connectivity index (χ2v) is 7.86. The Morgan fingerprint density at radius 2 is 2.00 bits per heavy atom. The van der Waals surface area contributed by atoms with Gasteiger partial charge in [0.05, 0.1) is 10.6 Å². The lowest BCUT2D eigenvalue weighted by atomic mass is 10.1. The third kappa shape index (κ3) is 7.92. The molecule has 0 bridgehead atoms. The summed E-state index contributed by atoms with van der Waals surface area (Å²) in [5.74, 6) is 6.29. The van der Waals surface area contributed by atoms with E-state index in [-0.39, 0.29) is 30.5 Å². The van der Waals surface area contributed by atoms with Crippen molar-refractivity contribution in [3.8, 4) is 11.8 Å². The molecule has 1 aromatic carbocycles. The molecule has 4 nitrogen and oxygen atoms in total. The summed E-state index contributed by atoms with van der Waals surface area (Å²) in [4.78, 5) is 6.85. The van der Waals surface area contributed by atoms with Crippen LogP contribution in [0.5, 0.6) is 0 Å². The van der Waals surface area contributed by atoms with E-state index in [1.54, 1.807) is 17.4 Å². The van der Waals surface area contributed by atoms with Crippen LogP contribution < -0.4 is 15.5 Å². The van der Waals surface area contributed by atoms with Crippen LogP contribution in [0.2, 0.25) is 0 Å². The Hall–Kier alpha value is -1.93. The minimum Gasteiger partial charge on any atom is -0.363 e. The molecule has 1 fully saturated rings. The molecule has 0 amide bonds. The molecule has 3 rings (SSSR count). The largest absolute Gasteiger partial charge is 0.416 e. The number of benzene rings is 1. The van der Waals surface area contributed by atoms with E-state index in [2.05, 4.69) is 49.9 Å². The molecule has 2 heterocycles. The summed E-state index contributed by atoms with van der Waals surface area (Å²) < 4.78 is 38.4. The molecule has 0 unspecified atom stereocenters. The van der Waals surface area contributed by atoms with Crippen LogP contribution in [0.4, 0.5) is 18.2 Å². The number of piperidine rings is 1. The molecule has 168 valence electrons. The summed E-state index contributed by atoms with van der Waals surface area (Å²) in [6.45, 7) is 4.91. The van der Waals surface area contributed by atoms with E-state index in [1.807, 2.05) is 6.92 Å². The van der Waals surface area contributed by atoms with E-state index in [9.17, 15) is 13.2 Å². The van der Waals surface area contributed by atoms with E-state index in [4.69, 9.17) is 0 Å². The third-order valence-electron chi connectivity index (χ3n) is 4.74. The number of guanidine groups is 1. The third-order valence-corrected chi connectivity index (χ3v) is 5.67. The van der Waals surface area contributed by atoms with Gasteiger partial charge in [-0.05, 0) is 55.5 Å². The van der Waals surface area contributed by atoms with Gasteiger partial charge >= 0.3 is 6.18 Å². The van der Waals surface area contributed by atoms with Gasteiger partial charge < -0.3 is 15.5 Å². The van der Waals surface area contributed by atoms with Crippen LogP contribution in [0, 0.1) is 11.8 Å². The maximum absolute atomic E-state index is 12.8. The first-order valence-corrected chi connectivity index (χ1v) is 10.8. The van der Waals surface area contributed by atoms with Crippen LogP contribution >= 0.6 is 35.3 Å². The highest BCUT2D eigenvalue weighted by atomic mass is 127. The maximum Gasteiger partial charge on any atom is 0.416 e. The average Bonchev–Trinajstić information content (AvgIpc) is 3.26. The SMILES string of the molecule is CCNC(=NCC#Cc1cccc(C(F)(F)F)c1)NC1CCN(c2cccs2)CC1.I. The van der Waals surface area contributed by atoms with Crippen LogP contribution in [-0.2, 0) is 6.18 Å². The average molecular weight is 562 g/mol. The van der Waals surface area contributed by atoms with Crippen molar-refractivity contribution in [1.82, 2.24) is 10.6 Å². The number of alkyl halides is 3. The quantitative estimate of drug-likeness (QED) is 0.240. The molecule has 2 N–H and O–H groups in total. The van der Waals surface area contributed by atoms with Crippen molar-refractivity contribution in [2.45, 2.75) is 32.0 Å². The van der Waals surface area contributed by atoms with Crippen molar-refractivity contribution in [2.75, 3.05) is 31.1 Å². The number of aliphatic imine (C=N–C) groups is 1. The molecule has 0 radical (unpaired) electrons. The topological polar surface area (TPSA) is 39.7 Å². The first-order valence-electron chi connectivity index (χ1n) is 9.95. The lowest BCUT2D eigenvalue weighted by Crippen LogP contribution is -2.48. The molecule has 1 aliphatic heterocycles. The second-order valence-electron chi connectivity index (χ2n) is 6.93. The predicted molar refractivity (Wildman–Crippen MR) is 132 cm³/mol. The van der Waals surface area contributed by atoms with Crippen LogP contribution in [0.3, 0.4) is 0 Å². The van der Waals surface area contributed by atoms with Crippen molar-refractivity contribution >= 4 is 46.3 Å². The molecular formula is C22H26F3IN4S. The second kappa shape index (κ2) is 12.2. The van der Waals surface area contributed by atoms with E-state index in [0.717, 1.165) is 44.6 Å². The van der Waals surface area contributed by atoms with Gasteiger partial charge in [0.25, 0.3) is 0 Å². The molecule has 0 saturated carbocycles. The molecule has 9 heteroatoms. The first-order chi connectivity index (χ1) is 14.5. The van der Waals surface area contributed by atoms with E-state index in [1.165, 1.54) is 11.1 Å². The van der Waals surface area contributed by atoms with Gasteiger partial charge in [0.2, 0.25) is 0 Å². The van der Waals surface area contributed by atoms with Gasteiger partial charge in [-0.1, -0.05) is 17.9 Å². The van der Waals surface area contributed by atoms with Crippen LogP contribution in [-0.4, -0.2) is 38.2 Å². The number of nitrogens with one attached hydrogen (secondary N) is 2. The van der Waals surface area contributed by atoms with Crippen molar-refractivity contribution in [3.05, 3.63) is 52.9 Å². The highest BCUT2D eigenvalue weighted by Gasteiger charge is 2.30. The van der Waals surface area contributed by atoms with Gasteiger partial charge in [0.1, 0.15) is 6.54 Å². The molecule has 1 saturated heterocycles. The first kappa shape index (κ1) is 25.3. The lowest BCUT2D eigenvalue weighted by Gasteiger charge is -2.33. The Balaban J connectivity index is 0.00000341. The molecule has 0 spiro atoms. The summed E-state index contributed by atoms with van der Waals surface area (Å²) in [6.07, 6.45) is -2.34. The fourth-order valence-electron chi connectivity index (χ4n) is 3.24. The highest BCUT2D eigenvalue weighted by molar-refractivity contribution is 14.0. The standard InChI is InChI=1S/C22H25F3N4S.HI/c1-2-26-21(28-19-10-13-29(14-11-19)20-9-5-15-30-20)27-12-4-7-17-6-3-8-18(16-17)22(23,24)25;/h3,5-6,8-9,15-16,19H,2,10-14H2,1H3,(H2,26,27,28);1H. The Bertz CT molecular complexity index is 895. The van der Waals surface area contributed by atoms with Gasteiger partial charge in [-0.3, -0.25) is 0 Å². The molecule has 1 aromatic heterocycles. The number of nitrogens with zero attached hydrogens (tertiary/aromatic N) is 2. The van der Waals surface area contributed by atoms with E-state index < -0.39 is 11.7 Å². The molecule has 0 aliphatic carbocycles. The molecule has 31 heavy (non-hydrogen) atoms. The fraction of sp³-hybridized carbons (Fsp3) is 0.409.